The third-order valence-corrected chi connectivity index (χ3v) is 7.54. The number of hydrogen-bond acceptors (Lipinski definition) is 8. The second-order valence-electron chi connectivity index (χ2n) is 8.61. The molecule has 1 aromatic heterocycles. The van der Waals surface area contributed by atoms with Crippen molar-refractivity contribution in [2.45, 2.75) is 52.5 Å². The van der Waals surface area contributed by atoms with Crippen LogP contribution in [0.5, 0.6) is 11.6 Å². The highest BCUT2D eigenvalue weighted by Crippen LogP contribution is 2.33. The highest BCUT2D eigenvalue weighted by molar-refractivity contribution is 8.26. The van der Waals surface area contributed by atoms with E-state index in [-0.39, 0.29) is 42.1 Å². The molecule has 0 aliphatic carbocycles. The summed E-state index contributed by atoms with van der Waals surface area (Å²) in [4.78, 5) is 40.7. The molecule has 2 heterocycles. The topological polar surface area (TPSA) is 113 Å². The molecule has 1 amide bonds. The number of hydrogen-bond donors (Lipinski definition) is 1. The number of carbonyl (C=O) groups is 2. The highest BCUT2D eigenvalue weighted by Gasteiger charge is 2.33. The van der Waals surface area contributed by atoms with Crippen molar-refractivity contribution in [3.8, 4) is 17.7 Å². The number of Topliss-reactive ketones (excluding diaryl/α,β-unsaturated/α-hetero) is 1. The van der Waals surface area contributed by atoms with Crippen molar-refractivity contribution in [1.29, 1.82) is 5.26 Å². The third kappa shape index (κ3) is 6.29. The van der Waals surface area contributed by atoms with Gasteiger partial charge in [-0.05, 0) is 42.7 Å². The second kappa shape index (κ2) is 12.7. The fourth-order valence-electron chi connectivity index (χ4n) is 4.07. The Hall–Kier alpha value is -3.42. The van der Waals surface area contributed by atoms with Crippen molar-refractivity contribution in [3.05, 3.63) is 61.8 Å². The van der Waals surface area contributed by atoms with E-state index >= 15 is 0 Å². The number of ether oxygens (including phenoxy) is 1. The Bertz CT molecular complexity index is 1340. The quantitative estimate of drug-likeness (QED) is 0.188. The van der Waals surface area contributed by atoms with Crippen LogP contribution in [-0.4, -0.2) is 44.2 Å². The second-order valence-corrected chi connectivity index (χ2v) is 10.3. The number of nitriles is 1. The first-order chi connectivity index (χ1) is 17.7. The summed E-state index contributed by atoms with van der Waals surface area (Å²) in [6.07, 6.45) is 5.09. The van der Waals surface area contributed by atoms with Gasteiger partial charge in [0.25, 0.3) is 11.5 Å². The average Bonchev–Trinajstić information content (AvgIpc) is 3.14. The lowest BCUT2D eigenvalue weighted by atomic mass is 9.99. The number of ketones is 1. The summed E-state index contributed by atoms with van der Waals surface area (Å²) >= 11 is 6.53. The summed E-state index contributed by atoms with van der Waals surface area (Å²) in [5, 5.41) is 20.4. The Balaban J connectivity index is 1.78. The number of amides is 1. The number of thioether (sulfide) groups is 1. The number of pyridine rings is 1. The highest BCUT2D eigenvalue weighted by atomic mass is 32.2. The SMILES string of the molecule is CCCCCCn1c(O)c(C(=O)CCN2C(=O)/C(=C/c3ccc(OC)cc3)SC2=S)c(C)c(C#N)c1=O. The molecule has 37 heavy (non-hydrogen) atoms. The zero-order valence-corrected chi connectivity index (χ0v) is 22.7. The standard InChI is InChI=1S/C27H29N3O5S2/c1-4-5-6-7-13-29-24(32)20(16-28)17(2)23(26(29)34)21(31)12-14-30-25(33)22(37-27(30)36)15-18-8-10-19(35-3)11-9-18/h8-11,15,34H,4-7,12-14H2,1-3H3/b22-15-. The number of methoxy groups -OCH3 is 1. The van der Waals surface area contributed by atoms with Gasteiger partial charge in [0.05, 0.1) is 17.6 Å². The van der Waals surface area contributed by atoms with Crippen LogP contribution in [0.1, 0.15) is 66.1 Å². The van der Waals surface area contributed by atoms with Crippen LogP contribution in [-0.2, 0) is 11.3 Å². The molecule has 1 N–H and O–H groups in total. The molecule has 0 bridgehead atoms. The molecule has 2 aromatic rings. The number of benzene rings is 1. The summed E-state index contributed by atoms with van der Waals surface area (Å²) in [6, 6.07) is 9.10. The summed E-state index contributed by atoms with van der Waals surface area (Å²) in [6.45, 7) is 3.77. The molecule has 0 spiro atoms. The van der Waals surface area contributed by atoms with E-state index in [1.807, 2.05) is 18.2 Å². The first-order valence-electron chi connectivity index (χ1n) is 12.0. The molecule has 1 aliphatic rings. The third-order valence-electron chi connectivity index (χ3n) is 6.16. The van der Waals surface area contributed by atoms with Crippen molar-refractivity contribution in [1.82, 2.24) is 9.47 Å². The van der Waals surface area contributed by atoms with Crippen LogP contribution in [0.3, 0.4) is 0 Å². The first kappa shape index (κ1) is 28.2. The van der Waals surface area contributed by atoms with Crippen molar-refractivity contribution >= 4 is 46.1 Å². The lowest BCUT2D eigenvalue weighted by Gasteiger charge is -2.17. The van der Waals surface area contributed by atoms with Gasteiger partial charge in [-0.15, -0.1) is 0 Å². The number of nitrogens with zero attached hydrogens (tertiary/aromatic N) is 3. The lowest BCUT2D eigenvalue weighted by Crippen LogP contribution is -2.31. The molecule has 0 unspecified atom stereocenters. The van der Waals surface area contributed by atoms with Gasteiger partial charge in [-0.1, -0.05) is 62.3 Å². The minimum atomic E-state index is -0.605. The molecule has 8 nitrogen and oxygen atoms in total. The molecule has 1 saturated heterocycles. The zero-order valence-electron chi connectivity index (χ0n) is 21.1. The number of rotatable bonds is 11. The van der Waals surface area contributed by atoms with Gasteiger partial charge in [0.1, 0.15) is 21.7 Å². The average molecular weight is 540 g/mol. The Labute approximate surface area is 225 Å². The molecule has 1 aliphatic heterocycles. The van der Waals surface area contributed by atoms with E-state index < -0.39 is 17.2 Å². The van der Waals surface area contributed by atoms with E-state index in [1.54, 1.807) is 25.3 Å². The molecule has 0 radical (unpaired) electrons. The van der Waals surface area contributed by atoms with Gasteiger partial charge in [-0.2, -0.15) is 5.26 Å². The summed E-state index contributed by atoms with van der Waals surface area (Å²) in [5.74, 6) is -0.512. The van der Waals surface area contributed by atoms with E-state index in [4.69, 9.17) is 17.0 Å². The minimum Gasteiger partial charge on any atom is -0.497 e. The van der Waals surface area contributed by atoms with E-state index in [1.165, 1.54) is 11.8 Å². The van der Waals surface area contributed by atoms with Crippen LogP contribution in [0.2, 0.25) is 0 Å². The zero-order chi connectivity index (χ0) is 27.1. The Morgan fingerprint density at radius 3 is 2.51 bits per heavy atom. The molecule has 1 aromatic carbocycles. The first-order valence-corrected chi connectivity index (χ1v) is 13.2. The molecule has 3 rings (SSSR count). The van der Waals surface area contributed by atoms with Crippen molar-refractivity contribution in [2.24, 2.45) is 0 Å². The van der Waals surface area contributed by atoms with Crippen LogP contribution in [0.15, 0.2) is 34.0 Å². The number of aromatic hydroxyl groups is 1. The maximum Gasteiger partial charge on any atom is 0.271 e. The minimum absolute atomic E-state index is 0.0137. The van der Waals surface area contributed by atoms with Gasteiger partial charge in [-0.25, -0.2) is 0 Å². The van der Waals surface area contributed by atoms with Gasteiger partial charge in [0.15, 0.2) is 5.78 Å². The fourth-order valence-corrected chi connectivity index (χ4v) is 5.38. The van der Waals surface area contributed by atoms with Crippen molar-refractivity contribution in [2.75, 3.05) is 13.7 Å². The maximum atomic E-state index is 13.2. The van der Waals surface area contributed by atoms with Gasteiger partial charge < -0.3 is 9.84 Å². The molecule has 194 valence electrons. The van der Waals surface area contributed by atoms with Gasteiger partial charge in [0, 0.05) is 19.5 Å². The van der Waals surface area contributed by atoms with E-state index in [0.29, 0.717) is 21.4 Å². The van der Waals surface area contributed by atoms with Gasteiger partial charge >= 0.3 is 0 Å². The molecular formula is C27H29N3O5S2. The summed E-state index contributed by atoms with van der Waals surface area (Å²) in [7, 11) is 1.58. The Morgan fingerprint density at radius 1 is 1.19 bits per heavy atom. The van der Waals surface area contributed by atoms with Crippen LogP contribution in [0.4, 0.5) is 0 Å². The normalized spacial score (nSPS) is 14.3. The lowest BCUT2D eigenvalue weighted by molar-refractivity contribution is -0.122. The van der Waals surface area contributed by atoms with Crippen LogP contribution in [0, 0.1) is 18.3 Å². The van der Waals surface area contributed by atoms with E-state index in [0.717, 1.165) is 41.2 Å². The smallest absolute Gasteiger partial charge is 0.271 e. The molecule has 1 fully saturated rings. The summed E-state index contributed by atoms with van der Waals surface area (Å²) in [5.41, 5.74) is 0.120. The number of thiocarbonyl (C=S) groups is 1. The van der Waals surface area contributed by atoms with Gasteiger partial charge in [-0.3, -0.25) is 23.9 Å². The largest absolute Gasteiger partial charge is 0.497 e. The molecular weight excluding hydrogens is 510 g/mol. The van der Waals surface area contributed by atoms with E-state index in [9.17, 15) is 24.8 Å². The van der Waals surface area contributed by atoms with Gasteiger partial charge in [0.2, 0.25) is 5.88 Å². The molecule has 0 saturated carbocycles. The predicted molar refractivity (Wildman–Crippen MR) is 148 cm³/mol. The van der Waals surface area contributed by atoms with Crippen LogP contribution >= 0.6 is 24.0 Å². The predicted octanol–water partition coefficient (Wildman–Crippen LogP) is 4.80. The fraction of sp³-hybridized carbons (Fsp3) is 0.370. The summed E-state index contributed by atoms with van der Waals surface area (Å²) < 4.78 is 6.58. The Morgan fingerprint density at radius 2 is 1.89 bits per heavy atom. The number of unbranched alkanes of at least 4 members (excludes halogenated alkanes) is 3. The number of carbonyl (C=O) groups excluding carboxylic acids is 2. The van der Waals surface area contributed by atoms with Crippen LogP contribution < -0.4 is 10.3 Å². The molecule has 10 heteroatoms. The Kier molecular flexibility index (Phi) is 9.66. The molecule has 0 atom stereocenters. The van der Waals surface area contributed by atoms with Crippen LogP contribution in [0.25, 0.3) is 6.08 Å². The maximum absolute atomic E-state index is 13.2. The number of aromatic nitrogens is 1. The monoisotopic (exact) mass is 539 g/mol. The van der Waals surface area contributed by atoms with Crippen molar-refractivity contribution < 1.29 is 19.4 Å². The van der Waals surface area contributed by atoms with Crippen molar-refractivity contribution in [3.63, 3.8) is 0 Å². The van der Waals surface area contributed by atoms with E-state index in [2.05, 4.69) is 6.92 Å².